The summed E-state index contributed by atoms with van der Waals surface area (Å²) in [6.45, 7) is 9.00. The van der Waals surface area contributed by atoms with Crippen molar-refractivity contribution in [2.75, 3.05) is 36.5 Å². The Hall–Kier alpha value is -1.36. The Morgan fingerprint density at radius 3 is 2.42 bits per heavy atom. The van der Waals surface area contributed by atoms with Crippen LogP contribution in [-0.2, 0) is 6.42 Å². The van der Waals surface area contributed by atoms with E-state index in [0.29, 0.717) is 6.54 Å². The molecule has 1 aromatic heterocycles. The van der Waals surface area contributed by atoms with Gasteiger partial charge in [-0.1, -0.05) is 52.4 Å². The molecule has 0 aliphatic carbocycles. The first-order valence-electron chi connectivity index (χ1n) is 9.72. The summed E-state index contributed by atoms with van der Waals surface area (Å²) in [5, 5.41) is 12.6. The second-order valence-corrected chi connectivity index (χ2v) is 6.29. The minimum atomic E-state index is 0.140. The number of likely N-dealkylation sites (N-methyl/N-ethyl adjacent to an activating group) is 1. The van der Waals surface area contributed by atoms with Crippen LogP contribution in [0.25, 0.3) is 0 Å². The highest BCUT2D eigenvalue weighted by molar-refractivity contribution is 5.45. The summed E-state index contributed by atoms with van der Waals surface area (Å²) in [5.74, 6) is 1.64. The zero-order chi connectivity index (χ0) is 17.6. The van der Waals surface area contributed by atoms with Crippen molar-refractivity contribution in [3.63, 3.8) is 0 Å². The van der Waals surface area contributed by atoms with E-state index in [-0.39, 0.29) is 6.61 Å². The molecule has 138 valence electrons. The summed E-state index contributed by atoms with van der Waals surface area (Å²) in [7, 11) is 0. The average molecular weight is 337 g/mol. The molecule has 5 heteroatoms. The molecule has 0 saturated carbocycles. The third-order valence-electron chi connectivity index (χ3n) is 4.16. The molecule has 0 aromatic carbocycles. The van der Waals surface area contributed by atoms with Gasteiger partial charge in [-0.3, -0.25) is 0 Å². The number of aliphatic hydroxyl groups excluding tert-OH is 1. The molecule has 1 heterocycles. The zero-order valence-electron chi connectivity index (χ0n) is 15.9. The molecule has 1 aromatic rings. The van der Waals surface area contributed by atoms with Gasteiger partial charge >= 0.3 is 0 Å². The fourth-order valence-electron chi connectivity index (χ4n) is 2.77. The lowest BCUT2D eigenvalue weighted by Crippen LogP contribution is -2.27. The second-order valence-electron chi connectivity index (χ2n) is 6.29. The fraction of sp³-hybridized carbons (Fsp3) is 0.789. The highest BCUT2D eigenvalue weighted by Gasteiger charge is 2.10. The van der Waals surface area contributed by atoms with Gasteiger partial charge in [0.05, 0.1) is 6.61 Å². The Bertz CT molecular complexity index is 439. The van der Waals surface area contributed by atoms with Crippen molar-refractivity contribution in [1.29, 1.82) is 0 Å². The second kappa shape index (κ2) is 13.0. The van der Waals surface area contributed by atoms with Crippen molar-refractivity contribution in [3.05, 3.63) is 11.8 Å². The van der Waals surface area contributed by atoms with Crippen LogP contribution in [-0.4, -0.2) is 41.3 Å². The normalized spacial score (nSPS) is 10.8. The Kier molecular flexibility index (Phi) is 11.2. The first-order valence-corrected chi connectivity index (χ1v) is 9.72. The van der Waals surface area contributed by atoms with E-state index in [0.717, 1.165) is 49.8 Å². The van der Waals surface area contributed by atoms with Gasteiger partial charge in [-0.05, 0) is 19.8 Å². The molecule has 5 nitrogen and oxygen atoms in total. The molecule has 0 saturated heterocycles. The number of unbranched alkanes of at least 4 members (excludes halogenated alkanes) is 5. The monoisotopic (exact) mass is 336 g/mol. The largest absolute Gasteiger partial charge is 0.395 e. The van der Waals surface area contributed by atoms with Crippen molar-refractivity contribution < 1.29 is 5.11 Å². The van der Waals surface area contributed by atoms with Crippen LogP contribution in [0.4, 0.5) is 11.8 Å². The maximum Gasteiger partial charge on any atom is 0.224 e. The summed E-state index contributed by atoms with van der Waals surface area (Å²) >= 11 is 0. The number of anilines is 2. The SMILES string of the molecule is CCCCCCCCNc1nc(CCC)cc(N(CC)CCO)n1. The molecule has 0 aliphatic heterocycles. The van der Waals surface area contributed by atoms with Crippen molar-refractivity contribution in [1.82, 2.24) is 9.97 Å². The number of rotatable bonds is 14. The molecule has 1 rings (SSSR count). The number of nitrogens with zero attached hydrogens (tertiary/aromatic N) is 3. The molecule has 2 N–H and O–H groups in total. The smallest absolute Gasteiger partial charge is 0.224 e. The number of aryl methyl sites for hydroxylation is 1. The molecule has 0 radical (unpaired) electrons. The van der Waals surface area contributed by atoms with E-state index in [9.17, 15) is 5.11 Å². The van der Waals surface area contributed by atoms with Crippen LogP contribution in [0.1, 0.15) is 71.4 Å². The Morgan fingerprint density at radius 1 is 1.00 bits per heavy atom. The molecule has 0 aliphatic rings. The van der Waals surface area contributed by atoms with Crippen LogP contribution in [0.5, 0.6) is 0 Å². The minimum absolute atomic E-state index is 0.140. The first kappa shape index (κ1) is 20.7. The van der Waals surface area contributed by atoms with Crippen molar-refractivity contribution >= 4 is 11.8 Å². The van der Waals surface area contributed by atoms with Gasteiger partial charge in [0, 0.05) is 31.4 Å². The van der Waals surface area contributed by atoms with Gasteiger partial charge in [0.1, 0.15) is 5.82 Å². The lowest BCUT2D eigenvalue weighted by Gasteiger charge is -2.22. The molecule has 24 heavy (non-hydrogen) atoms. The lowest BCUT2D eigenvalue weighted by molar-refractivity contribution is 0.302. The van der Waals surface area contributed by atoms with Crippen LogP contribution in [0.2, 0.25) is 0 Å². The van der Waals surface area contributed by atoms with E-state index in [1.54, 1.807) is 0 Å². The van der Waals surface area contributed by atoms with Crippen LogP contribution in [0.15, 0.2) is 6.07 Å². The van der Waals surface area contributed by atoms with Gasteiger partial charge in [-0.15, -0.1) is 0 Å². The third kappa shape index (κ3) is 7.95. The van der Waals surface area contributed by atoms with E-state index in [2.05, 4.69) is 47.0 Å². The van der Waals surface area contributed by atoms with Crippen molar-refractivity contribution in [2.24, 2.45) is 0 Å². The van der Waals surface area contributed by atoms with Crippen LogP contribution in [0.3, 0.4) is 0 Å². The Labute approximate surface area is 147 Å². The van der Waals surface area contributed by atoms with Gasteiger partial charge in [0.25, 0.3) is 0 Å². The molecule has 0 amide bonds. The summed E-state index contributed by atoms with van der Waals surface area (Å²) in [4.78, 5) is 11.4. The first-order chi connectivity index (χ1) is 11.7. The van der Waals surface area contributed by atoms with Gasteiger partial charge in [-0.2, -0.15) is 4.98 Å². The lowest BCUT2D eigenvalue weighted by atomic mass is 10.1. The number of hydrogen-bond acceptors (Lipinski definition) is 5. The highest BCUT2D eigenvalue weighted by atomic mass is 16.3. The highest BCUT2D eigenvalue weighted by Crippen LogP contribution is 2.16. The topological polar surface area (TPSA) is 61.3 Å². The molecule has 0 fully saturated rings. The van der Waals surface area contributed by atoms with Crippen LogP contribution in [0, 0.1) is 0 Å². The molecular formula is C19H36N4O. The number of aromatic nitrogens is 2. The maximum atomic E-state index is 9.23. The average Bonchev–Trinajstić information content (AvgIpc) is 2.59. The molecule has 0 spiro atoms. The quantitative estimate of drug-likeness (QED) is 0.502. The standard InChI is InChI=1S/C19H36N4O/c1-4-7-8-9-10-11-13-20-19-21-17(12-5-2)16-18(22-19)23(6-3)14-15-24/h16,24H,4-15H2,1-3H3,(H,20,21,22). The summed E-state index contributed by atoms with van der Waals surface area (Å²) in [6.07, 6.45) is 9.75. The van der Waals surface area contributed by atoms with Crippen molar-refractivity contribution in [2.45, 2.75) is 72.1 Å². The van der Waals surface area contributed by atoms with Crippen LogP contribution >= 0.6 is 0 Å². The third-order valence-corrected chi connectivity index (χ3v) is 4.16. The number of nitrogens with one attached hydrogen (secondary N) is 1. The molecule has 0 unspecified atom stereocenters. The fourth-order valence-corrected chi connectivity index (χ4v) is 2.77. The Morgan fingerprint density at radius 2 is 1.75 bits per heavy atom. The van der Waals surface area contributed by atoms with Gasteiger partial charge < -0.3 is 15.3 Å². The van der Waals surface area contributed by atoms with E-state index in [1.807, 2.05) is 0 Å². The summed E-state index contributed by atoms with van der Waals surface area (Å²) in [5.41, 5.74) is 1.07. The molecule has 0 atom stereocenters. The maximum absolute atomic E-state index is 9.23. The Balaban J connectivity index is 2.59. The summed E-state index contributed by atoms with van der Waals surface area (Å²) in [6, 6.07) is 2.05. The van der Waals surface area contributed by atoms with E-state index >= 15 is 0 Å². The van der Waals surface area contributed by atoms with Crippen molar-refractivity contribution in [3.8, 4) is 0 Å². The number of aliphatic hydroxyl groups is 1. The van der Waals surface area contributed by atoms with Gasteiger partial charge in [0.15, 0.2) is 0 Å². The molecule has 0 bridgehead atoms. The number of hydrogen-bond donors (Lipinski definition) is 2. The van der Waals surface area contributed by atoms with E-state index in [1.165, 1.54) is 32.1 Å². The predicted octanol–water partition coefficient (Wildman–Crippen LogP) is 4.02. The summed E-state index contributed by atoms with van der Waals surface area (Å²) < 4.78 is 0. The zero-order valence-corrected chi connectivity index (χ0v) is 15.9. The minimum Gasteiger partial charge on any atom is -0.395 e. The van der Waals surface area contributed by atoms with E-state index in [4.69, 9.17) is 0 Å². The molecular weight excluding hydrogens is 300 g/mol. The predicted molar refractivity (Wildman–Crippen MR) is 103 cm³/mol. The van der Waals surface area contributed by atoms with Gasteiger partial charge in [-0.25, -0.2) is 4.98 Å². The van der Waals surface area contributed by atoms with Crippen LogP contribution < -0.4 is 10.2 Å². The van der Waals surface area contributed by atoms with Gasteiger partial charge in [0.2, 0.25) is 5.95 Å². The van der Waals surface area contributed by atoms with E-state index < -0.39 is 0 Å².